The molecule has 0 radical (unpaired) electrons. The summed E-state index contributed by atoms with van der Waals surface area (Å²) >= 11 is 0. The Morgan fingerprint density at radius 2 is 1.81 bits per heavy atom. The van der Waals surface area contributed by atoms with Crippen molar-refractivity contribution >= 4 is 5.69 Å². The van der Waals surface area contributed by atoms with E-state index >= 15 is 0 Å². The van der Waals surface area contributed by atoms with Crippen molar-refractivity contribution in [2.45, 2.75) is 46.0 Å². The molecule has 4 heteroatoms. The summed E-state index contributed by atoms with van der Waals surface area (Å²) in [6.45, 7) is 4.03. The zero-order valence-electron chi connectivity index (χ0n) is 12.6. The Hall–Kier alpha value is -2.10. The lowest BCUT2D eigenvalue weighted by Gasteiger charge is -2.14. The topological polar surface area (TPSA) is 61.0 Å². The van der Waals surface area contributed by atoms with Gasteiger partial charge in [0.2, 0.25) is 5.88 Å². The first-order valence-electron chi connectivity index (χ1n) is 7.52. The van der Waals surface area contributed by atoms with Crippen molar-refractivity contribution in [3.8, 4) is 11.6 Å². The number of ether oxygens (including phenoxy) is 1. The monoisotopic (exact) mass is 283 g/mol. The lowest BCUT2D eigenvalue weighted by Crippen LogP contribution is -2.02. The van der Waals surface area contributed by atoms with E-state index in [0.717, 1.165) is 46.7 Å². The molecular weight excluding hydrogens is 262 g/mol. The van der Waals surface area contributed by atoms with E-state index in [4.69, 9.17) is 10.5 Å². The van der Waals surface area contributed by atoms with Crippen LogP contribution in [0, 0.1) is 13.8 Å². The van der Waals surface area contributed by atoms with Gasteiger partial charge in [-0.25, -0.2) is 9.97 Å². The molecule has 2 aromatic rings. The number of hydrogen-bond donors (Lipinski definition) is 1. The van der Waals surface area contributed by atoms with Crippen LogP contribution in [0.4, 0.5) is 5.69 Å². The number of anilines is 1. The summed E-state index contributed by atoms with van der Waals surface area (Å²) < 4.78 is 6.07. The number of nitrogen functional groups attached to an aromatic ring is 1. The van der Waals surface area contributed by atoms with Gasteiger partial charge in [0.25, 0.3) is 0 Å². The number of aromatic nitrogens is 2. The molecule has 0 spiro atoms. The second kappa shape index (κ2) is 5.72. The average Bonchev–Trinajstić information content (AvgIpc) is 2.71. The van der Waals surface area contributed by atoms with Gasteiger partial charge in [-0.2, -0.15) is 0 Å². The zero-order chi connectivity index (χ0) is 14.8. The van der Waals surface area contributed by atoms with Gasteiger partial charge >= 0.3 is 0 Å². The highest BCUT2D eigenvalue weighted by molar-refractivity contribution is 5.55. The summed E-state index contributed by atoms with van der Waals surface area (Å²) in [5, 5.41) is 0. The molecule has 1 aliphatic rings. The molecule has 4 nitrogen and oxygen atoms in total. The first kappa shape index (κ1) is 13.9. The maximum atomic E-state index is 6.07. The van der Waals surface area contributed by atoms with E-state index in [1.165, 1.54) is 19.3 Å². The third kappa shape index (κ3) is 2.84. The Morgan fingerprint density at radius 3 is 2.67 bits per heavy atom. The number of rotatable bonds is 2. The minimum absolute atomic E-state index is 0.688. The van der Waals surface area contributed by atoms with Crippen LogP contribution >= 0.6 is 0 Å². The maximum absolute atomic E-state index is 6.07. The van der Waals surface area contributed by atoms with Crippen molar-refractivity contribution in [1.82, 2.24) is 9.97 Å². The van der Waals surface area contributed by atoms with Gasteiger partial charge in [-0.05, 0) is 50.7 Å². The van der Waals surface area contributed by atoms with Crippen molar-refractivity contribution in [1.29, 1.82) is 0 Å². The van der Waals surface area contributed by atoms with E-state index in [1.807, 2.05) is 26.0 Å². The molecular formula is C17H21N3O. The Balaban J connectivity index is 1.97. The summed E-state index contributed by atoms with van der Waals surface area (Å²) in [5.41, 5.74) is 11.2. The predicted molar refractivity (Wildman–Crippen MR) is 83.7 cm³/mol. The van der Waals surface area contributed by atoms with Crippen LogP contribution in [0.3, 0.4) is 0 Å². The van der Waals surface area contributed by atoms with Gasteiger partial charge in [-0.3, -0.25) is 0 Å². The first-order chi connectivity index (χ1) is 10.1. The second-order valence-corrected chi connectivity index (χ2v) is 5.74. The molecule has 0 saturated carbocycles. The van der Waals surface area contributed by atoms with Gasteiger partial charge in [-0.15, -0.1) is 0 Å². The van der Waals surface area contributed by atoms with Crippen molar-refractivity contribution < 1.29 is 4.74 Å². The highest BCUT2D eigenvalue weighted by atomic mass is 16.5. The molecule has 0 unspecified atom stereocenters. The minimum atomic E-state index is 0.688. The molecule has 0 fully saturated rings. The van der Waals surface area contributed by atoms with Crippen molar-refractivity contribution in [2.75, 3.05) is 5.73 Å². The molecule has 2 N–H and O–H groups in total. The SMILES string of the molecule is Cc1cc(C)c(Oc2ncnc3c2CCCCC3)cc1N. The van der Waals surface area contributed by atoms with Crippen molar-refractivity contribution in [2.24, 2.45) is 0 Å². The molecule has 0 aliphatic heterocycles. The van der Waals surface area contributed by atoms with Gasteiger partial charge in [0.05, 0.1) is 5.69 Å². The molecule has 0 bridgehead atoms. The Bertz CT molecular complexity index is 667. The number of hydrogen-bond acceptors (Lipinski definition) is 4. The third-order valence-electron chi connectivity index (χ3n) is 4.11. The van der Waals surface area contributed by atoms with Gasteiger partial charge in [0, 0.05) is 17.3 Å². The molecule has 110 valence electrons. The van der Waals surface area contributed by atoms with E-state index in [-0.39, 0.29) is 0 Å². The highest BCUT2D eigenvalue weighted by Crippen LogP contribution is 2.32. The second-order valence-electron chi connectivity index (χ2n) is 5.74. The Labute approximate surface area is 125 Å². The molecule has 1 aliphatic carbocycles. The van der Waals surface area contributed by atoms with Gasteiger partial charge in [0.1, 0.15) is 12.1 Å². The van der Waals surface area contributed by atoms with Crippen LogP contribution < -0.4 is 10.5 Å². The third-order valence-corrected chi connectivity index (χ3v) is 4.11. The first-order valence-corrected chi connectivity index (χ1v) is 7.52. The van der Waals surface area contributed by atoms with E-state index in [0.29, 0.717) is 5.88 Å². The lowest BCUT2D eigenvalue weighted by molar-refractivity contribution is 0.449. The van der Waals surface area contributed by atoms with Gasteiger partial charge < -0.3 is 10.5 Å². The average molecular weight is 283 g/mol. The fourth-order valence-corrected chi connectivity index (χ4v) is 2.82. The molecule has 0 atom stereocenters. The predicted octanol–water partition coefficient (Wildman–Crippen LogP) is 3.74. The number of aryl methyl sites for hydroxylation is 3. The quantitative estimate of drug-likeness (QED) is 0.673. The summed E-state index contributed by atoms with van der Waals surface area (Å²) in [6.07, 6.45) is 7.22. The van der Waals surface area contributed by atoms with Crippen molar-refractivity contribution in [3.63, 3.8) is 0 Å². The van der Waals surface area contributed by atoms with Crippen LogP contribution in [0.25, 0.3) is 0 Å². The lowest BCUT2D eigenvalue weighted by atomic mass is 10.1. The number of nitrogens with two attached hydrogens (primary N) is 1. The Kier molecular flexibility index (Phi) is 3.78. The molecule has 21 heavy (non-hydrogen) atoms. The smallest absolute Gasteiger partial charge is 0.225 e. The maximum Gasteiger partial charge on any atom is 0.225 e. The van der Waals surface area contributed by atoms with Crippen LogP contribution in [0.1, 0.15) is 41.6 Å². The molecule has 1 aromatic heterocycles. The van der Waals surface area contributed by atoms with E-state index in [9.17, 15) is 0 Å². The fraction of sp³-hybridized carbons (Fsp3) is 0.412. The standard InChI is InChI=1S/C17H21N3O/c1-11-8-12(2)16(9-14(11)18)21-17-13-6-4-3-5-7-15(13)19-10-20-17/h8-10H,3-7,18H2,1-2H3. The van der Waals surface area contributed by atoms with E-state index in [2.05, 4.69) is 9.97 Å². The number of fused-ring (bicyclic) bond motifs is 1. The van der Waals surface area contributed by atoms with Crippen LogP contribution in [0.15, 0.2) is 18.5 Å². The van der Waals surface area contributed by atoms with Crippen molar-refractivity contribution in [3.05, 3.63) is 40.8 Å². The van der Waals surface area contributed by atoms with Crippen LogP contribution in [-0.4, -0.2) is 9.97 Å². The summed E-state index contributed by atoms with van der Waals surface area (Å²) in [4.78, 5) is 8.77. The van der Waals surface area contributed by atoms with E-state index < -0.39 is 0 Å². The van der Waals surface area contributed by atoms with Gasteiger partial charge in [-0.1, -0.05) is 12.5 Å². The normalized spacial score (nSPS) is 14.4. The summed E-state index contributed by atoms with van der Waals surface area (Å²) in [5.74, 6) is 1.47. The van der Waals surface area contributed by atoms with Crippen LogP contribution in [0.2, 0.25) is 0 Å². The summed E-state index contributed by atoms with van der Waals surface area (Å²) in [7, 11) is 0. The number of benzene rings is 1. The summed E-state index contributed by atoms with van der Waals surface area (Å²) in [6, 6.07) is 3.93. The molecule has 1 heterocycles. The number of nitrogens with zero attached hydrogens (tertiary/aromatic N) is 2. The molecule has 0 amide bonds. The Morgan fingerprint density at radius 1 is 1.00 bits per heavy atom. The van der Waals surface area contributed by atoms with Crippen LogP contribution in [-0.2, 0) is 12.8 Å². The molecule has 3 rings (SSSR count). The fourth-order valence-electron chi connectivity index (χ4n) is 2.82. The van der Waals surface area contributed by atoms with E-state index in [1.54, 1.807) is 6.33 Å². The zero-order valence-corrected chi connectivity index (χ0v) is 12.6. The minimum Gasteiger partial charge on any atom is -0.438 e. The van der Waals surface area contributed by atoms with Crippen LogP contribution in [0.5, 0.6) is 11.6 Å². The highest BCUT2D eigenvalue weighted by Gasteiger charge is 2.16. The molecule has 0 saturated heterocycles. The van der Waals surface area contributed by atoms with Gasteiger partial charge in [0.15, 0.2) is 0 Å². The molecule has 1 aromatic carbocycles. The largest absolute Gasteiger partial charge is 0.438 e.